The van der Waals surface area contributed by atoms with Crippen LogP contribution in [-0.2, 0) is 11.0 Å². The van der Waals surface area contributed by atoms with E-state index in [2.05, 4.69) is 4.98 Å². The van der Waals surface area contributed by atoms with E-state index in [4.69, 9.17) is 0 Å². The summed E-state index contributed by atoms with van der Waals surface area (Å²) in [4.78, 5) is 15.2. The van der Waals surface area contributed by atoms with Gasteiger partial charge in [0.1, 0.15) is 6.29 Å². The van der Waals surface area contributed by atoms with Crippen molar-refractivity contribution in [3.8, 4) is 0 Å². The van der Waals surface area contributed by atoms with Gasteiger partial charge in [-0.15, -0.1) is 0 Å². The van der Waals surface area contributed by atoms with E-state index in [-0.39, 0.29) is 12.5 Å². The molecule has 6 heteroatoms. The lowest BCUT2D eigenvalue weighted by Gasteiger charge is -2.18. The van der Waals surface area contributed by atoms with E-state index >= 15 is 0 Å². The smallest absolute Gasteiger partial charge is 0.322 e. The number of halogens is 3. The van der Waals surface area contributed by atoms with Gasteiger partial charge < -0.3 is 9.36 Å². The van der Waals surface area contributed by atoms with Gasteiger partial charge in [-0.3, -0.25) is 0 Å². The van der Waals surface area contributed by atoms with E-state index in [1.54, 1.807) is 4.57 Å². The summed E-state index contributed by atoms with van der Waals surface area (Å²) < 4.78 is 40.4. The second-order valence-electron chi connectivity index (χ2n) is 5.18. The van der Waals surface area contributed by atoms with Gasteiger partial charge in [-0.05, 0) is 23.8 Å². The van der Waals surface area contributed by atoms with Crippen molar-refractivity contribution in [2.24, 2.45) is 0 Å². The van der Waals surface area contributed by atoms with Crippen LogP contribution in [0.3, 0.4) is 0 Å². The molecule has 0 radical (unpaired) electrons. The van der Waals surface area contributed by atoms with Crippen molar-refractivity contribution in [3.05, 3.63) is 66.0 Å². The average molecular weight is 318 g/mol. The Hall–Kier alpha value is -2.63. The summed E-state index contributed by atoms with van der Waals surface area (Å²) in [6.07, 6.45) is -2.02. The van der Waals surface area contributed by atoms with Crippen LogP contribution in [0.2, 0.25) is 0 Å². The molecule has 0 fully saturated rings. The third-order valence-electron chi connectivity index (χ3n) is 3.74. The number of alkyl halides is 3. The van der Waals surface area contributed by atoms with Crippen LogP contribution in [-0.4, -0.2) is 15.8 Å². The molecule has 2 aromatic carbocycles. The fourth-order valence-corrected chi connectivity index (χ4v) is 2.63. The van der Waals surface area contributed by atoms with Gasteiger partial charge in [0.2, 0.25) is 0 Å². The SMILES string of the molecule is O=CCC(c1ccccc1)n1cnc2ccc(C(F)(F)F)cc21. The van der Waals surface area contributed by atoms with E-state index in [1.807, 2.05) is 30.3 Å². The highest BCUT2D eigenvalue weighted by atomic mass is 19.4. The summed E-state index contributed by atoms with van der Waals surface area (Å²) in [5.74, 6) is 0. The molecule has 3 aromatic rings. The molecule has 0 saturated carbocycles. The molecule has 0 saturated heterocycles. The van der Waals surface area contributed by atoms with Crippen molar-refractivity contribution in [1.82, 2.24) is 9.55 Å². The molecule has 23 heavy (non-hydrogen) atoms. The highest BCUT2D eigenvalue weighted by Gasteiger charge is 2.31. The molecule has 0 aliphatic rings. The summed E-state index contributed by atoms with van der Waals surface area (Å²) >= 11 is 0. The quantitative estimate of drug-likeness (QED) is 0.675. The lowest BCUT2D eigenvalue weighted by atomic mass is 10.0. The zero-order valence-electron chi connectivity index (χ0n) is 12.0. The van der Waals surface area contributed by atoms with Crippen molar-refractivity contribution in [1.29, 1.82) is 0 Å². The summed E-state index contributed by atoms with van der Waals surface area (Å²) in [7, 11) is 0. The predicted molar refractivity (Wildman–Crippen MR) is 80.0 cm³/mol. The van der Waals surface area contributed by atoms with Crippen molar-refractivity contribution >= 4 is 17.3 Å². The summed E-state index contributed by atoms with van der Waals surface area (Å²) in [5, 5.41) is 0. The number of aromatic nitrogens is 2. The second kappa shape index (κ2) is 5.87. The maximum atomic E-state index is 12.9. The molecular weight excluding hydrogens is 305 g/mol. The second-order valence-corrected chi connectivity index (χ2v) is 5.18. The molecule has 0 bridgehead atoms. The molecular formula is C17H13F3N2O. The molecule has 3 rings (SSSR count). The average Bonchev–Trinajstić information content (AvgIpc) is 2.95. The molecule has 0 spiro atoms. The number of nitrogens with zero attached hydrogens (tertiary/aromatic N) is 2. The highest BCUT2D eigenvalue weighted by Crippen LogP contribution is 2.33. The van der Waals surface area contributed by atoms with Crippen molar-refractivity contribution in [3.63, 3.8) is 0 Å². The number of hydrogen-bond acceptors (Lipinski definition) is 2. The molecule has 0 aliphatic carbocycles. The number of hydrogen-bond donors (Lipinski definition) is 0. The predicted octanol–water partition coefficient (Wildman–Crippen LogP) is 4.23. The Labute approximate surface area is 130 Å². The van der Waals surface area contributed by atoms with Gasteiger partial charge in [0, 0.05) is 6.42 Å². The minimum absolute atomic E-state index is 0.158. The minimum Gasteiger partial charge on any atom is -0.322 e. The van der Waals surface area contributed by atoms with Crippen LogP contribution in [0.4, 0.5) is 13.2 Å². The summed E-state index contributed by atoms with van der Waals surface area (Å²) in [5.41, 5.74) is 0.932. The topological polar surface area (TPSA) is 34.9 Å². The zero-order chi connectivity index (χ0) is 16.4. The van der Waals surface area contributed by atoms with E-state index in [9.17, 15) is 18.0 Å². The molecule has 1 aromatic heterocycles. The monoisotopic (exact) mass is 318 g/mol. The van der Waals surface area contributed by atoms with E-state index in [0.29, 0.717) is 11.0 Å². The van der Waals surface area contributed by atoms with E-state index in [1.165, 1.54) is 12.4 Å². The van der Waals surface area contributed by atoms with Crippen LogP contribution >= 0.6 is 0 Å². The van der Waals surface area contributed by atoms with Crippen LogP contribution in [0.15, 0.2) is 54.9 Å². The third-order valence-corrected chi connectivity index (χ3v) is 3.74. The number of rotatable bonds is 4. The Morgan fingerprint density at radius 2 is 1.87 bits per heavy atom. The molecule has 0 N–H and O–H groups in total. The minimum atomic E-state index is -4.42. The number of benzene rings is 2. The highest BCUT2D eigenvalue weighted by molar-refractivity contribution is 5.77. The molecule has 1 unspecified atom stereocenters. The molecule has 0 aliphatic heterocycles. The van der Waals surface area contributed by atoms with Gasteiger partial charge in [0.25, 0.3) is 0 Å². The number of carbonyl (C=O) groups excluding carboxylic acids is 1. The van der Waals surface area contributed by atoms with Gasteiger partial charge in [-0.25, -0.2) is 4.98 Å². The number of carbonyl (C=O) groups is 1. The van der Waals surface area contributed by atoms with Crippen LogP contribution in [0, 0.1) is 0 Å². The first-order valence-electron chi connectivity index (χ1n) is 7.03. The van der Waals surface area contributed by atoms with Gasteiger partial charge in [0.05, 0.1) is 29.0 Å². The number of imidazole rings is 1. The molecule has 1 heterocycles. The van der Waals surface area contributed by atoms with E-state index in [0.717, 1.165) is 24.0 Å². The van der Waals surface area contributed by atoms with Gasteiger partial charge >= 0.3 is 6.18 Å². The fraction of sp³-hybridized carbons (Fsp3) is 0.176. The molecule has 3 nitrogen and oxygen atoms in total. The fourth-order valence-electron chi connectivity index (χ4n) is 2.63. The van der Waals surface area contributed by atoms with Crippen molar-refractivity contribution < 1.29 is 18.0 Å². The lowest BCUT2D eigenvalue weighted by molar-refractivity contribution is -0.137. The molecule has 1 atom stereocenters. The Morgan fingerprint density at radius 3 is 2.52 bits per heavy atom. The maximum Gasteiger partial charge on any atom is 0.416 e. The van der Waals surface area contributed by atoms with Crippen LogP contribution in [0.5, 0.6) is 0 Å². The third kappa shape index (κ3) is 2.97. The number of fused-ring (bicyclic) bond motifs is 1. The maximum absolute atomic E-state index is 12.9. The van der Waals surface area contributed by atoms with Crippen LogP contribution < -0.4 is 0 Å². The van der Waals surface area contributed by atoms with Crippen LogP contribution in [0.1, 0.15) is 23.6 Å². The Kier molecular flexibility index (Phi) is 3.90. The number of aldehydes is 1. The Bertz CT molecular complexity index is 825. The summed E-state index contributed by atoms with van der Waals surface area (Å²) in [6.45, 7) is 0. The largest absolute Gasteiger partial charge is 0.416 e. The zero-order valence-corrected chi connectivity index (χ0v) is 12.0. The lowest BCUT2D eigenvalue weighted by Crippen LogP contribution is -2.11. The molecule has 0 amide bonds. The van der Waals surface area contributed by atoms with Gasteiger partial charge in [-0.1, -0.05) is 30.3 Å². The Balaban J connectivity index is 2.15. The van der Waals surface area contributed by atoms with Crippen LogP contribution in [0.25, 0.3) is 11.0 Å². The van der Waals surface area contributed by atoms with Gasteiger partial charge in [0.15, 0.2) is 0 Å². The molecule has 118 valence electrons. The first-order chi connectivity index (χ1) is 11.0. The van der Waals surface area contributed by atoms with E-state index < -0.39 is 11.7 Å². The Morgan fingerprint density at radius 1 is 1.13 bits per heavy atom. The first kappa shape index (κ1) is 15.3. The van der Waals surface area contributed by atoms with Crippen molar-refractivity contribution in [2.75, 3.05) is 0 Å². The summed E-state index contributed by atoms with van der Waals surface area (Å²) in [6, 6.07) is 12.2. The van der Waals surface area contributed by atoms with Gasteiger partial charge in [-0.2, -0.15) is 13.2 Å². The first-order valence-corrected chi connectivity index (χ1v) is 7.03. The standard InChI is InChI=1S/C17H13F3N2O/c18-17(19,20)13-6-7-14-16(10-13)22(11-21-14)15(8-9-23)12-4-2-1-3-5-12/h1-7,9-11,15H,8H2. The van der Waals surface area contributed by atoms with Crippen molar-refractivity contribution in [2.45, 2.75) is 18.6 Å². The normalized spacial score (nSPS) is 13.2.